The van der Waals surface area contributed by atoms with Gasteiger partial charge in [0.1, 0.15) is 13.2 Å². The Morgan fingerprint density at radius 3 is 1.18 bits per heavy atom. The second-order valence-corrected chi connectivity index (χ2v) is 24.8. The van der Waals surface area contributed by atoms with Gasteiger partial charge in [-0.3, -0.25) is 9.36 Å². The molecule has 2 N–H and O–H groups in total. The molecule has 0 saturated heterocycles. The summed E-state index contributed by atoms with van der Waals surface area (Å²) in [5, 5.41) is 13.9. The average Bonchev–Trinajstić information content (AvgIpc) is 3.42. The lowest BCUT2D eigenvalue weighted by molar-refractivity contribution is -0.870. The van der Waals surface area contributed by atoms with Gasteiger partial charge in [0.05, 0.1) is 39.9 Å². The largest absolute Gasteiger partial charge is 0.756 e. The number of amides is 1. The maximum Gasteiger partial charge on any atom is 0.268 e. The smallest absolute Gasteiger partial charge is 0.268 e. The summed E-state index contributed by atoms with van der Waals surface area (Å²) in [7, 11) is 1.23. The van der Waals surface area contributed by atoms with Crippen molar-refractivity contribution in [3.8, 4) is 0 Å². The predicted octanol–water partition coefficient (Wildman–Crippen LogP) is 20.3. The van der Waals surface area contributed by atoms with E-state index < -0.39 is 26.6 Å². The SMILES string of the molecule is CC/C=C\C/C=C\C/C=C\C/C=C\C/C=C\C/C=C\CCCCCCCCCCC(=O)NC(COP(=O)([O-])OCC[N+](C)(C)C)C(O)/C=C/CC/C=C/CCCCCCCCCCCCCCCCCCCCCCCCCC. The Morgan fingerprint density at radius 1 is 0.456 bits per heavy atom. The fourth-order valence-electron chi connectivity index (χ4n) is 9.41. The van der Waals surface area contributed by atoms with Crippen molar-refractivity contribution in [3.05, 3.63) is 97.2 Å². The summed E-state index contributed by atoms with van der Waals surface area (Å²) in [6.07, 6.45) is 86.6. The van der Waals surface area contributed by atoms with Gasteiger partial charge in [-0.05, 0) is 83.5 Å². The van der Waals surface area contributed by atoms with E-state index in [0.29, 0.717) is 17.4 Å². The Hall–Kier alpha value is -2.58. The molecule has 0 rings (SSSR count). The number of phosphoric acid groups is 1. The van der Waals surface area contributed by atoms with E-state index in [2.05, 4.69) is 104 Å². The van der Waals surface area contributed by atoms with Crippen molar-refractivity contribution in [1.29, 1.82) is 0 Å². The number of quaternary nitrogens is 1. The van der Waals surface area contributed by atoms with Crippen LogP contribution < -0.4 is 10.2 Å². The highest BCUT2D eigenvalue weighted by atomic mass is 31.2. The molecule has 0 spiro atoms. The lowest BCUT2D eigenvalue weighted by atomic mass is 10.0. The molecule has 0 aromatic rings. The van der Waals surface area contributed by atoms with E-state index in [1.54, 1.807) is 6.08 Å². The highest BCUT2D eigenvalue weighted by molar-refractivity contribution is 7.45. The van der Waals surface area contributed by atoms with E-state index in [9.17, 15) is 19.4 Å². The first-order valence-corrected chi connectivity index (χ1v) is 34.6. The van der Waals surface area contributed by atoms with Gasteiger partial charge in [0.25, 0.3) is 7.82 Å². The third-order valence-electron chi connectivity index (χ3n) is 14.5. The van der Waals surface area contributed by atoms with Gasteiger partial charge in [-0.25, -0.2) is 0 Å². The van der Waals surface area contributed by atoms with Crippen molar-refractivity contribution >= 4 is 13.7 Å². The maximum atomic E-state index is 13.0. The molecule has 0 aromatic heterocycles. The zero-order chi connectivity index (χ0) is 57.7. The van der Waals surface area contributed by atoms with Gasteiger partial charge in [0.2, 0.25) is 5.91 Å². The number of nitrogens with zero attached hydrogens (tertiary/aromatic N) is 1. The number of hydrogen-bond donors (Lipinski definition) is 2. The van der Waals surface area contributed by atoms with Crippen LogP contribution in [-0.4, -0.2) is 68.5 Å². The summed E-state index contributed by atoms with van der Waals surface area (Å²) in [5.41, 5.74) is 0. The van der Waals surface area contributed by atoms with Crippen LogP contribution in [0.1, 0.15) is 290 Å². The third kappa shape index (κ3) is 62.9. The highest BCUT2D eigenvalue weighted by Crippen LogP contribution is 2.38. The number of nitrogens with one attached hydrogen (secondary N) is 1. The minimum Gasteiger partial charge on any atom is -0.756 e. The fraction of sp³-hybridized carbons (Fsp3) is 0.757. The molecule has 0 aliphatic carbocycles. The van der Waals surface area contributed by atoms with Crippen LogP contribution in [0.15, 0.2) is 97.2 Å². The summed E-state index contributed by atoms with van der Waals surface area (Å²) < 4.78 is 23.4. The van der Waals surface area contributed by atoms with Gasteiger partial charge in [0.15, 0.2) is 0 Å². The molecule has 0 aromatic carbocycles. The topological polar surface area (TPSA) is 108 Å². The maximum absolute atomic E-state index is 13.0. The Labute approximate surface area is 489 Å². The van der Waals surface area contributed by atoms with Crippen LogP contribution in [0.5, 0.6) is 0 Å². The molecule has 0 saturated carbocycles. The first kappa shape index (κ1) is 76.4. The standard InChI is InChI=1S/C70H127N2O6P/c1-6-8-10-12-14-16-18-20-22-24-26-28-30-32-34-35-36-38-39-41-43-45-47-49-51-53-55-57-59-61-63-69(73)68(67-78-79(75,76)77-66-65-72(3,4)5)71-70(74)64-62-60-58-56-54-52-50-48-46-44-42-40-37-33-31-29-27-25-23-21-19-17-15-13-11-9-7-2/h9,11,15,17,21,23,27,29,33,37,42,44,53,55,61,63,68-69,73H,6-8,10,12-14,16,18-20,22,24-26,28,30-32,34-36,38-41,43,45-52,54,56-60,62,64-67H2,1-5H3,(H-,71,74,75,76)/b11-9-,17-15-,23-21-,29-27-,37-33-,44-42-,55-53+,63-61+. The number of phosphoric ester groups is 1. The second-order valence-electron chi connectivity index (χ2n) is 23.4. The lowest BCUT2D eigenvalue weighted by Gasteiger charge is -2.29. The molecule has 0 fully saturated rings. The van der Waals surface area contributed by atoms with Crippen LogP contribution in [0.2, 0.25) is 0 Å². The van der Waals surface area contributed by atoms with Crippen molar-refractivity contribution in [1.82, 2.24) is 5.32 Å². The van der Waals surface area contributed by atoms with E-state index in [4.69, 9.17) is 9.05 Å². The first-order chi connectivity index (χ1) is 38.5. The molecule has 0 heterocycles. The van der Waals surface area contributed by atoms with Crippen LogP contribution in [0.4, 0.5) is 0 Å². The number of unbranched alkanes of at least 4 members (excludes halogenated alkanes) is 33. The third-order valence-corrected chi connectivity index (χ3v) is 15.5. The van der Waals surface area contributed by atoms with Crippen LogP contribution in [0.3, 0.4) is 0 Å². The van der Waals surface area contributed by atoms with E-state index in [-0.39, 0.29) is 12.5 Å². The molecule has 79 heavy (non-hydrogen) atoms. The quantitative estimate of drug-likeness (QED) is 0.0272. The molecule has 1 amide bonds. The predicted molar refractivity (Wildman–Crippen MR) is 343 cm³/mol. The van der Waals surface area contributed by atoms with Gasteiger partial charge in [0, 0.05) is 6.42 Å². The van der Waals surface area contributed by atoms with Crippen LogP contribution in [0, 0.1) is 0 Å². The summed E-state index contributed by atoms with van der Waals surface area (Å²) in [6.45, 7) is 4.53. The van der Waals surface area contributed by atoms with E-state index >= 15 is 0 Å². The average molecular weight is 1120 g/mol. The van der Waals surface area contributed by atoms with Gasteiger partial charge in [-0.2, -0.15) is 0 Å². The molecule has 0 aliphatic rings. The number of likely N-dealkylation sites (N-methyl/N-ethyl adjacent to an activating group) is 1. The molecular formula is C70H127N2O6P. The Kier molecular flexibility index (Phi) is 58.1. The number of hydrogen-bond acceptors (Lipinski definition) is 6. The van der Waals surface area contributed by atoms with E-state index in [1.807, 2.05) is 27.2 Å². The molecule has 8 nitrogen and oxygen atoms in total. The molecule has 3 unspecified atom stereocenters. The number of allylic oxidation sites excluding steroid dienone is 15. The number of carbonyl (C=O) groups is 1. The molecule has 0 bridgehead atoms. The Morgan fingerprint density at radius 2 is 0.785 bits per heavy atom. The van der Waals surface area contributed by atoms with Crippen LogP contribution in [-0.2, 0) is 18.4 Å². The number of aliphatic hydroxyl groups excluding tert-OH is 1. The Balaban J connectivity index is 4.19. The van der Waals surface area contributed by atoms with Crippen molar-refractivity contribution in [2.75, 3.05) is 40.9 Å². The molecule has 0 radical (unpaired) electrons. The minimum atomic E-state index is -4.62. The molecule has 0 aliphatic heterocycles. The number of rotatable bonds is 60. The van der Waals surface area contributed by atoms with E-state index in [1.165, 1.54) is 180 Å². The summed E-state index contributed by atoms with van der Waals surface area (Å²) >= 11 is 0. The normalized spacial score (nSPS) is 14.4. The molecular weight excluding hydrogens is 996 g/mol. The summed E-state index contributed by atoms with van der Waals surface area (Å²) in [5.74, 6) is -0.217. The van der Waals surface area contributed by atoms with Crippen molar-refractivity contribution in [3.63, 3.8) is 0 Å². The van der Waals surface area contributed by atoms with Gasteiger partial charge < -0.3 is 28.8 Å². The molecule has 3 atom stereocenters. The van der Waals surface area contributed by atoms with Gasteiger partial charge in [-0.1, -0.05) is 297 Å². The number of carbonyl (C=O) groups excluding carboxylic acids is 1. The first-order valence-electron chi connectivity index (χ1n) is 33.1. The van der Waals surface area contributed by atoms with Gasteiger partial charge >= 0.3 is 0 Å². The second kappa shape index (κ2) is 60.0. The fourth-order valence-corrected chi connectivity index (χ4v) is 10.1. The van der Waals surface area contributed by atoms with Gasteiger partial charge in [-0.15, -0.1) is 0 Å². The molecule has 458 valence electrons. The summed E-state index contributed by atoms with van der Waals surface area (Å²) in [4.78, 5) is 25.6. The lowest BCUT2D eigenvalue weighted by Crippen LogP contribution is -2.45. The van der Waals surface area contributed by atoms with Crippen LogP contribution in [0.25, 0.3) is 0 Å². The highest BCUT2D eigenvalue weighted by Gasteiger charge is 2.23. The minimum absolute atomic E-state index is 0.0126. The zero-order valence-corrected chi connectivity index (χ0v) is 53.2. The molecule has 9 heteroatoms. The van der Waals surface area contributed by atoms with E-state index in [0.717, 1.165) is 89.9 Å². The van der Waals surface area contributed by atoms with Crippen molar-refractivity contribution in [2.45, 2.75) is 302 Å². The number of aliphatic hydroxyl groups is 1. The Bertz CT molecular complexity index is 1610. The monoisotopic (exact) mass is 1120 g/mol. The van der Waals surface area contributed by atoms with Crippen LogP contribution >= 0.6 is 7.82 Å². The zero-order valence-electron chi connectivity index (χ0n) is 52.3. The summed E-state index contributed by atoms with van der Waals surface area (Å²) in [6, 6.07) is -0.917. The van der Waals surface area contributed by atoms with Crippen molar-refractivity contribution in [2.24, 2.45) is 0 Å². The van der Waals surface area contributed by atoms with Crippen molar-refractivity contribution < 1.29 is 32.9 Å².